The smallest absolute Gasteiger partial charge is 0.341 e. The maximum absolute atomic E-state index is 12.5. The molecule has 1 N–H and O–H groups in total. The van der Waals surface area contributed by atoms with E-state index in [1.165, 1.54) is 12.1 Å². The molecule has 3 aromatic rings. The van der Waals surface area contributed by atoms with Crippen molar-refractivity contribution in [1.29, 1.82) is 0 Å². The maximum Gasteiger partial charge on any atom is 0.341 e. The highest BCUT2D eigenvalue weighted by Crippen LogP contribution is 2.23. The van der Waals surface area contributed by atoms with Gasteiger partial charge >= 0.3 is 5.76 Å². The number of hydrogen-bond donors (Lipinski definition) is 1. The molecule has 0 aromatic heterocycles. The Hall–Kier alpha value is -3.26. The zero-order chi connectivity index (χ0) is 20.1. The number of carbonyl (C=O) groups is 1. The molecule has 0 saturated carbocycles. The van der Waals surface area contributed by atoms with E-state index in [-0.39, 0.29) is 5.69 Å². The first kappa shape index (κ1) is 19.5. The average molecular weight is 403 g/mol. The monoisotopic (exact) mass is 403 g/mol. The molecule has 0 bridgehead atoms. The number of halogens is 2. The molecule has 0 saturated heterocycles. The minimum Gasteiger partial charge on any atom is -0.457 e. The predicted molar refractivity (Wildman–Crippen MR) is 101 cm³/mol. The second-order valence-corrected chi connectivity index (χ2v) is 7.64. The number of carbonyl (C=O) groups excluding carboxylic acids is 1. The first-order valence-electron chi connectivity index (χ1n) is 8.13. The molecule has 0 unspecified atom stereocenters. The van der Waals surface area contributed by atoms with Crippen LogP contribution in [0, 0.1) is 0 Å². The molecule has 0 spiro atoms. The molecule has 0 fully saturated rings. The van der Waals surface area contributed by atoms with Gasteiger partial charge in [-0.3, -0.25) is 4.79 Å². The Morgan fingerprint density at radius 1 is 0.821 bits per heavy atom. The van der Waals surface area contributed by atoms with Crippen LogP contribution in [-0.2, 0) is 9.84 Å². The van der Waals surface area contributed by atoms with Crippen molar-refractivity contribution in [2.45, 2.75) is 10.7 Å². The van der Waals surface area contributed by atoms with Crippen molar-refractivity contribution >= 4 is 21.4 Å². The van der Waals surface area contributed by atoms with Gasteiger partial charge in [-0.2, -0.15) is 8.78 Å². The number of rotatable bonds is 6. The second-order valence-electron chi connectivity index (χ2n) is 5.72. The SMILES string of the molecule is O=C(Nc1ccc(S(=O)(=O)C(F)F)cc1)c1ccc(Oc2ccccc2)cc1. The lowest BCUT2D eigenvalue weighted by molar-refractivity contribution is 0.102. The van der Waals surface area contributed by atoms with Gasteiger partial charge in [0.25, 0.3) is 5.91 Å². The zero-order valence-electron chi connectivity index (χ0n) is 14.4. The van der Waals surface area contributed by atoms with Crippen molar-refractivity contribution in [1.82, 2.24) is 0 Å². The first-order valence-corrected chi connectivity index (χ1v) is 9.67. The highest BCUT2D eigenvalue weighted by molar-refractivity contribution is 7.91. The van der Waals surface area contributed by atoms with E-state index in [4.69, 9.17) is 4.74 Å². The summed E-state index contributed by atoms with van der Waals surface area (Å²) in [5, 5.41) is 2.57. The number of nitrogens with one attached hydrogen (secondary N) is 1. The molecule has 0 aliphatic heterocycles. The van der Waals surface area contributed by atoms with Crippen LogP contribution in [0.2, 0.25) is 0 Å². The third kappa shape index (κ3) is 4.52. The van der Waals surface area contributed by atoms with E-state index >= 15 is 0 Å². The van der Waals surface area contributed by atoms with E-state index in [0.717, 1.165) is 12.1 Å². The van der Waals surface area contributed by atoms with Crippen LogP contribution in [0.15, 0.2) is 83.8 Å². The summed E-state index contributed by atoms with van der Waals surface area (Å²) in [6.45, 7) is 0. The fourth-order valence-electron chi connectivity index (χ4n) is 2.33. The normalized spacial score (nSPS) is 11.2. The van der Waals surface area contributed by atoms with Crippen LogP contribution in [0.25, 0.3) is 0 Å². The largest absolute Gasteiger partial charge is 0.457 e. The van der Waals surface area contributed by atoms with Crippen LogP contribution in [0.3, 0.4) is 0 Å². The van der Waals surface area contributed by atoms with Crippen LogP contribution >= 0.6 is 0 Å². The fraction of sp³-hybridized carbons (Fsp3) is 0.0500. The highest BCUT2D eigenvalue weighted by Gasteiger charge is 2.26. The average Bonchev–Trinajstić information content (AvgIpc) is 2.69. The lowest BCUT2D eigenvalue weighted by Crippen LogP contribution is -2.13. The number of alkyl halides is 2. The summed E-state index contributed by atoms with van der Waals surface area (Å²) in [6.07, 6.45) is 0. The molecule has 0 radical (unpaired) electrons. The highest BCUT2D eigenvalue weighted by atomic mass is 32.2. The molecule has 0 aliphatic rings. The van der Waals surface area contributed by atoms with Crippen LogP contribution in [-0.4, -0.2) is 20.1 Å². The summed E-state index contributed by atoms with van der Waals surface area (Å²) >= 11 is 0. The van der Waals surface area contributed by atoms with E-state index < -0.39 is 26.4 Å². The Balaban J connectivity index is 1.66. The molecule has 3 aromatic carbocycles. The second kappa shape index (κ2) is 8.18. The van der Waals surface area contributed by atoms with Gasteiger partial charge < -0.3 is 10.1 Å². The van der Waals surface area contributed by atoms with Crippen molar-refractivity contribution in [2.24, 2.45) is 0 Å². The number of sulfone groups is 1. The van der Waals surface area contributed by atoms with E-state index in [1.807, 2.05) is 18.2 Å². The number of para-hydroxylation sites is 1. The van der Waals surface area contributed by atoms with Crippen molar-refractivity contribution in [3.8, 4) is 11.5 Å². The molecule has 3 rings (SSSR count). The Morgan fingerprint density at radius 2 is 1.39 bits per heavy atom. The predicted octanol–water partition coefficient (Wildman–Crippen LogP) is 4.73. The van der Waals surface area contributed by atoms with E-state index in [9.17, 15) is 22.0 Å². The minimum atomic E-state index is -4.66. The summed E-state index contributed by atoms with van der Waals surface area (Å²) in [5.74, 6) is -2.71. The molecule has 0 atom stereocenters. The van der Waals surface area contributed by atoms with Crippen molar-refractivity contribution < 1.29 is 26.7 Å². The first-order chi connectivity index (χ1) is 13.4. The quantitative estimate of drug-likeness (QED) is 0.646. The summed E-state index contributed by atoms with van der Waals surface area (Å²) in [7, 11) is -4.66. The number of amides is 1. The molecule has 8 heteroatoms. The number of ether oxygens (including phenoxy) is 1. The molecule has 0 heterocycles. The van der Waals surface area contributed by atoms with E-state index in [0.29, 0.717) is 17.1 Å². The third-order valence-corrected chi connectivity index (χ3v) is 5.17. The van der Waals surface area contributed by atoms with Crippen LogP contribution < -0.4 is 10.1 Å². The standard InChI is InChI=1S/C20H15F2NO4S/c21-20(22)28(25,26)18-12-8-15(9-13-18)23-19(24)14-6-10-17(11-7-14)27-16-4-2-1-3-5-16/h1-13,20H,(H,23,24). The summed E-state index contributed by atoms with van der Waals surface area (Å²) in [6, 6.07) is 20.1. The Kier molecular flexibility index (Phi) is 5.70. The topological polar surface area (TPSA) is 72.5 Å². The minimum absolute atomic E-state index is 0.280. The van der Waals surface area contributed by atoms with Gasteiger partial charge in [-0.15, -0.1) is 0 Å². The summed E-state index contributed by atoms with van der Waals surface area (Å²) in [4.78, 5) is 11.8. The van der Waals surface area contributed by atoms with Crippen LogP contribution in [0.1, 0.15) is 10.4 Å². The molecule has 28 heavy (non-hydrogen) atoms. The van der Waals surface area contributed by atoms with Gasteiger partial charge in [-0.05, 0) is 60.7 Å². The van der Waals surface area contributed by atoms with Gasteiger partial charge in [0.15, 0.2) is 0 Å². The summed E-state index contributed by atoms with van der Waals surface area (Å²) < 4.78 is 53.5. The van der Waals surface area contributed by atoms with Gasteiger partial charge in [-0.1, -0.05) is 18.2 Å². The Bertz CT molecular complexity index is 1050. The Labute approximate surface area is 160 Å². The number of anilines is 1. The molecule has 1 amide bonds. The third-order valence-electron chi connectivity index (χ3n) is 3.77. The molecule has 5 nitrogen and oxygen atoms in total. The Morgan fingerprint density at radius 3 is 1.96 bits per heavy atom. The van der Waals surface area contributed by atoms with Gasteiger partial charge in [0.05, 0.1) is 4.90 Å². The molecule has 144 valence electrons. The van der Waals surface area contributed by atoms with E-state index in [2.05, 4.69) is 5.32 Å². The number of hydrogen-bond acceptors (Lipinski definition) is 4. The number of benzene rings is 3. The van der Waals surface area contributed by atoms with Crippen molar-refractivity contribution in [3.63, 3.8) is 0 Å². The lowest BCUT2D eigenvalue weighted by Gasteiger charge is -2.08. The van der Waals surface area contributed by atoms with Gasteiger partial charge in [0, 0.05) is 11.3 Å². The molecule has 0 aliphatic carbocycles. The van der Waals surface area contributed by atoms with Gasteiger partial charge in [0.2, 0.25) is 9.84 Å². The molecular weight excluding hydrogens is 388 g/mol. The molecular formula is C20H15F2NO4S. The van der Waals surface area contributed by atoms with Crippen molar-refractivity contribution in [2.75, 3.05) is 5.32 Å². The van der Waals surface area contributed by atoms with E-state index in [1.54, 1.807) is 36.4 Å². The lowest BCUT2D eigenvalue weighted by atomic mass is 10.2. The summed E-state index contributed by atoms with van der Waals surface area (Å²) in [5.41, 5.74) is 0.632. The van der Waals surface area contributed by atoms with Crippen molar-refractivity contribution in [3.05, 3.63) is 84.4 Å². The van der Waals surface area contributed by atoms with Crippen LogP contribution in [0.4, 0.5) is 14.5 Å². The van der Waals surface area contributed by atoms with Gasteiger partial charge in [0.1, 0.15) is 11.5 Å². The maximum atomic E-state index is 12.5. The van der Waals surface area contributed by atoms with Crippen LogP contribution in [0.5, 0.6) is 11.5 Å². The fourth-order valence-corrected chi connectivity index (χ4v) is 3.05. The van der Waals surface area contributed by atoms with Gasteiger partial charge in [-0.25, -0.2) is 8.42 Å². The zero-order valence-corrected chi connectivity index (χ0v) is 15.2.